The minimum absolute atomic E-state index is 0.0832. The van der Waals surface area contributed by atoms with E-state index in [1.54, 1.807) is 38.5 Å². The van der Waals surface area contributed by atoms with E-state index in [-0.39, 0.29) is 5.78 Å². The van der Waals surface area contributed by atoms with E-state index in [0.29, 0.717) is 28.3 Å². The number of rotatable bonds is 4. The molecule has 0 aliphatic rings. The SMILES string of the molecule is COc1cc(C)c(C(=O)c2ccc(C)c(N)c2)cc1OC. The van der Waals surface area contributed by atoms with E-state index in [1.165, 1.54) is 0 Å². The molecule has 2 aromatic rings. The van der Waals surface area contributed by atoms with Crippen LogP contribution in [0.1, 0.15) is 27.0 Å². The van der Waals surface area contributed by atoms with Gasteiger partial charge in [-0.15, -0.1) is 0 Å². The molecule has 0 heterocycles. The third kappa shape index (κ3) is 2.84. The Labute approximate surface area is 124 Å². The predicted molar refractivity (Wildman–Crippen MR) is 83.3 cm³/mol. The van der Waals surface area contributed by atoms with Crippen molar-refractivity contribution in [2.45, 2.75) is 13.8 Å². The van der Waals surface area contributed by atoms with Crippen molar-refractivity contribution in [2.24, 2.45) is 0 Å². The number of anilines is 1. The Morgan fingerprint density at radius 3 is 2.14 bits per heavy atom. The molecule has 0 spiro atoms. The van der Waals surface area contributed by atoms with E-state index in [1.807, 2.05) is 19.9 Å². The molecule has 4 nitrogen and oxygen atoms in total. The molecule has 2 rings (SSSR count). The molecule has 0 saturated heterocycles. The van der Waals surface area contributed by atoms with Crippen molar-refractivity contribution in [2.75, 3.05) is 20.0 Å². The molecule has 2 N–H and O–H groups in total. The summed E-state index contributed by atoms with van der Waals surface area (Å²) in [5.41, 5.74) is 9.42. The van der Waals surface area contributed by atoms with Gasteiger partial charge in [0.2, 0.25) is 0 Å². The van der Waals surface area contributed by atoms with Crippen LogP contribution in [-0.4, -0.2) is 20.0 Å². The highest BCUT2D eigenvalue weighted by Crippen LogP contribution is 2.31. The van der Waals surface area contributed by atoms with Gasteiger partial charge in [-0.25, -0.2) is 0 Å². The summed E-state index contributed by atoms with van der Waals surface area (Å²) in [5.74, 6) is 1.06. The molecule has 0 radical (unpaired) electrons. The van der Waals surface area contributed by atoms with Crippen LogP contribution in [0.15, 0.2) is 30.3 Å². The molecule has 2 aromatic carbocycles. The van der Waals surface area contributed by atoms with Crippen LogP contribution in [-0.2, 0) is 0 Å². The van der Waals surface area contributed by atoms with Crippen LogP contribution in [0.5, 0.6) is 11.5 Å². The normalized spacial score (nSPS) is 10.3. The van der Waals surface area contributed by atoms with E-state index in [0.717, 1.165) is 11.1 Å². The van der Waals surface area contributed by atoms with Gasteiger partial charge in [0, 0.05) is 16.8 Å². The van der Waals surface area contributed by atoms with E-state index in [2.05, 4.69) is 0 Å². The van der Waals surface area contributed by atoms with Gasteiger partial charge in [-0.3, -0.25) is 4.79 Å². The fraction of sp³-hybridized carbons (Fsp3) is 0.235. The van der Waals surface area contributed by atoms with Crippen LogP contribution in [0, 0.1) is 13.8 Å². The van der Waals surface area contributed by atoms with Crippen molar-refractivity contribution >= 4 is 11.5 Å². The van der Waals surface area contributed by atoms with Crippen LogP contribution < -0.4 is 15.2 Å². The number of nitrogens with two attached hydrogens (primary N) is 1. The van der Waals surface area contributed by atoms with Gasteiger partial charge >= 0.3 is 0 Å². The van der Waals surface area contributed by atoms with Crippen LogP contribution in [0.4, 0.5) is 5.69 Å². The van der Waals surface area contributed by atoms with Crippen LogP contribution >= 0.6 is 0 Å². The molecule has 0 saturated carbocycles. The minimum atomic E-state index is -0.0832. The van der Waals surface area contributed by atoms with Crippen molar-refractivity contribution in [3.05, 3.63) is 52.6 Å². The molecule has 21 heavy (non-hydrogen) atoms. The third-order valence-corrected chi connectivity index (χ3v) is 3.52. The molecule has 0 aromatic heterocycles. The van der Waals surface area contributed by atoms with Crippen molar-refractivity contribution in [1.82, 2.24) is 0 Å². The maximum Gasteiger partial charge on any atom is 0.193 e. The molecular formula is C17H19NO3. The number of ether oxygens (including phenoxy) is 2. The highest BCUT2D eigenvalue weighted by molar-refractivity contribution is 6.10. The predicted octanol–water partition coefficient (Wildman–Crippen LogP) is 3.13. The number of carbonyl (C=O) groups is 1. The fourth-order valence-corrected chi connectivity index (χ4v) is 2.16. The average molecular weight is 285 g/mol. The molecule has 0 amide bonds. The van der Waals surface area contributed by atoms with Gasteiger partial charge in [-0.05, 0) is 43.2 Å². The minimum Gasteiger partial charge on any atom is -0.493 e. The van der Waals surface area contributed by atoms with E-state index < -0.39 is 0 Å². The van der Waals surface area contributed by atoms with Crippen molar-refractivity contribution in [1.29, 1.82) is 0 Å². The summed E-state index contributed by atoms with van der Waals surface area (Å²) < 4.78 is 10.5. The number of carbonyl (C=O) groups excluding carboxylic acids is 1. The number of hydrogen-bond acceptors (Lipinski definition) is 4. The number of nitrogen functional groups attached to an aromatic ring is 1. The molecule has 0 fully saturated rings. The van der Waals surface area contributed by atoms with Crippen molar-refractivity contribution < 1.29 is 14.3 Å². The Balaban J connectivity index is 2.50. The first-order valence-electron chi connectivity index (χ1n) is 6.61. The van der Waals surface area contributed by atoms with Gasteiger partial charge in [-0.2, -0.15) is 0 Å². The van der Waals surface area contributed by atoms with Gasteiger partial charge in [0.15, 0.2) is 17.3 Å². The molecule has 0 aliphatic heterocycles. The van der Waals surface area contributed by atoms with Crippen LogP contribution in [0.3, 0.4) is 0 Å². The molecule has 110 valence electrons. The van der Waals surface area contributed by atoms with Crippen LogP contribution in [0.2, 0.25) is 0 Å². The number of methoxy groups -OCH3 is 2. The van der Waals surface area contributed by atoms with Gasteiger partial charge in [0.25, 0.3) is 0 Å². The van der Waals surface area contributed by atoms with Gasteiger partial charge in [0.1, 0.15) is 0 Å². The quantitative estimate of drug-likeness (QED) is 0.692. The molecule has 0 bridgehead atoms. The van der Waals surface area contributed by atoms with Crippen LogP contribution in [0.25, 0.3) is 0 Å². The summed E-state index contributed by atoms with van der Waals surface area (Å²) in [4.78, 5) is 12.6. The topological polar surface area (TPSA) is 61.5 Å². The zero-order valence-electron chi connectivity index (χ0n) is 12.7. The Morgan fingerprint density at radius 2 is 1.57 bits per heavy atom. The highest BCUT2D eigenvalue weighted by Gasteiger charge is 2.16. The lowest BCUT2D eigenvalue weighted by atomic mass is 9.97. The number of aryl methyl sites for hydroxylation is 2. The number of ketones is 1. The first-order valence-corrected chi connectivity index (χ1v) is 6.61. The summed E-state index contributed by atoms with van der Waals surface area (Å²) in [6.45, 7) is 3.78. The summed E-state index contributed by atoms with van der Waals surface area (Å²) in [6.07, 6.45) is 0. The lowest BCUT2D eigenvalue weighted by molar-refractivity contribution is 0.103. The Bertz CT molecular complexity index is 693. The van der Waals surface area contributed by atoms with Gasteiger partial charge < -0.3 is 15.2 Å². The van der Waals surface area contributed by atoms with E-state index in [4.69, 9.17) is 15.2 Å². The Hall–Kier alpha value is -2.49. The summed E-state index contributed by atoms with van der Waals surface area (Å²) >= 11 is 0. The Kier molecular flexibility index (Phi) is 4.17. The zero-order valence-corrected chi connectivity index (χ0v) is 12.7. The number of benzene rings is 2. The second-order valence-electron chi connectivity index (χ2n) is 4.92. The van der Waals surface area contributed by atoms with Crippen molar-refractivity contribution in [3.8, 4) is 11.5 Å². The molecule has 4 heteroatoms. The second kappa shape index (κ2) is 5.87. The smallest absolute Gasteiger partial charge is 0.193 e. The first kappa shape index (κ1) is 14.9. The molecule has 0 aliphatic carbocycles. The summed E-state index contributed by atoms with van der Waals surface area (Å²) in [5, 5.41) is 0. The highest BCUT2D eigenvalue weighted by atomic mass is 16.5. The molecule has 0 atom stereocenters. The van der Waals surface area contributed by atoms with Crippen molar-refractivity contribution in [3.63, 3.8) is 0 Å². The summed E-state index contributed by atoms with van der Waals surface area (Å²) in [6, 6.07) is 8.83. The van der Waals surface area contributed by atoms with E-state index in [9.17, 15) is 4.79 Å². The fourth-order valence-electron chi connectivity index (χ4n) is 2.16. The van der Waals surface area contributed by atoms with E-state index >= 15 is 0 Å². The second-order valence-corrected chi connectivity index (χ2v) is 4.92. The lowest BCUT2D eigenvalue weighted by Gasteiger charge is -2.12. The van der Waals surface area contributed by atoms with Gasteiger partial charge in [0.05, 0.1) is 14.2 Å². The van der Waals surface area contributed by atoms with Gasteiger partial charge in [-0.1, -0.05) is 12.1 Å². The largest absolute Gasteiger partial charge is 0.493 e. The average Bonchev–Trinajstić information content (AvgIpc) is 2.49. The third-order valence-electron chi connectivity index (χ3n) is 3.52. The number of hydrogen-bond donors (Lipinski definition) is 1. The summed E-state index contributed by atoms with van der Waals surface area (Å²) in [7, 11) is 3.12. The first-order chi connectivity index (χ1) is 9.97. The standard InChI is InChI=1S/C17H19NO3/c1-10-5-6-12(8-14(10)18)17(19)13-9-16(21-4)15(20-3)7-11(13)2/h5-9H,18H2,1-4H3. The molecule has 0 unspecified atom stereocenters. The molecular weight excluding hydrogens is 266 g/mol. The lowest BCUT2D eigenvalue weighted by Crippen LogP contribution is -2.06. The monoisotopic (exact) mass is 285 g/mol. The Morgan fingerprint density at radius 1 is 0.952 bits per heavy atom. The maximum absolute atomic E-state index is 12.6. The zero-order chi connectivity index (χ0) is 15.6. The maximum atomic E-state index is 12.6.